The minimum Gasteiger partial charge on any atom is -0.324 e. The summed E-state index contributed by atoms with van der Waals surface area (Å²) in [4.78, 5) is 41.4. The number of thioether (sulfide) groups is 1. The van der Waals surface area contributed by atoms with E-state index in [2.05, 4.69) is 10.2 Å². The number of amides is 1. The van der Waals surface area contributed by atoms with Gasteiger partial charge in [-0.05, 0) is 11.6 Å². The van der Waals surface area contributed by atoms with Gasteiger partial charge in [-0.3, -0.25) is 24.6 Å². The summed E-state index contributed by atoms with van der Waals surface area (Å²) in [6, 6.07) is 23.0. The number of benzene rings is 3. The molecule has 0 aliphatic carbocycles. The number of nitro benzene ring substituents is 1. The molecule has 1 spiro atoms. The predicted molar refractivity (Wildman–Crippen MR) is 130 cm³/mol. The highest BCUT2D eigenvalue weighted by atomic mass is 32.2. The van der Waals surface area contributed by atoms with Crippen molar-refractivity contribution < 1.29 is 14.5 Å². The fraction of sp³-hybridized carbons (Fsp3) is 0.231. The Kier molecular flexibility index (Phi) is 4.82. The SMILES string of the molecule is O=C(c1ccccc1)[C@H]1[C@@H](c2cccc([N+](=O)[O-])c2)[C@@H]2CSCN2[C@@]12C(=O)Nc1ccccc12. The Labute approximate surface area is 200 Å². The maximum absolute atomic E-state index is 14.2. The number of hydrogen-bond acceptors (Lipinski definition) is 6. The molecule has 3 aromatic carbocycles. The van der Waals surface area contributed by atoms with E-state index < -0.39 is 16.4 Å². The molecule has 8 heteroatoms. The third kappa shape index (κ3) is 2.82. The molecule has 1 N–H and O–H groups in total. The summed E-state index contributed by atoms with van der Waals surface area (Å²) in [5, 5.41) is 14.6. The number of ketones is 1. The summed E-state index contributed by atoms with van der Waals surface area (Å²) in [6.45, 7) is 0. The molecule has 0 radical (unpaired) electrons. The highest BCUT2D eigenvalue weighted by Crippen LogP contribution is 2.61. The summed E-state index contributed by atoms with van der Waals surface area (Å²) in [7, 11) is 0. The third-order valence-corrected chi connectivity index (χ3v) is 8.37. The largest absolute Gasteiger partial charge is 0.324 e. The molecule has 6 rings (SSSR count). The van der Waals surface area contributed by atoms with E-state index in [-0.39, 0.29) is 29.3 Å². The van der Waals surface area contributed by atoms with Crippen LogP contribution in [0.3, 0.4) is 0 Å². The van der Waals surface area contributed by atoms with Gasteiger partial charge < -0.3 is 5.32 Å². The topological polar surface area (TPSA) is 92.5 Å². The van der Waals surface area contributed by atoms with Gasteiger partial charge in [-0.25, -0.2) is 0 Å². The van der Waals surface area contributed by atoms with Crippen LogP contribution < -0.4 is 5.32 Å². The van der Waals surface area contributed by atoms with Gasteiger partial charge >= 0.3 is 0 Å². The van der Waals surface area contributed by atoms with Crippen molar-refractivity contribution in [1.82, 2.24) is 4.90 Å². The molecule has 34 heavy (non-hydrogen) atoms. The highest BCUT2D eigenvalue weighted by molar-refractivity contribution is 7.99. The van der Waals surface area contributed by atoms with Crippen molar-refractivity contribution in [3.05, 3.63) is 106 Å². The van der Waals surface area contributed by atoms with Crippen molar-refractivity contribution in [1.29, 1.82) is 0 Å². The second-order valence-electron chi connectivity index (χ2n) is 8.89. The molecule has 1 amide bonds. The van der Waals surface area contributed by atoms with E-state index in [0.717, 1.165) is 16.9 Å². The average molecular weight is 472 g/mol. The van der Waals surface area contributed by atoms with Crippen LogP contribution in [0.1, 0.15) is 27.4 Å². The molecule has 0 aromatic heterocycles. The number of rotatable bonds is 4. The van der Waals surface area contributed by atoms with Crippen LogP contribution in [0.4, 0.5) is 11.4 Å². The van der Waals surface area contributed by atoms with E-state index >= 15 is 0 Å². The molecule has 3 aliphatic rings. The lowest BCUT2D eigenvalue weighted by Crippen LogP contribution is -2.52. The lowest BCUT2D eigenvalue weighted by molar-refractivity contribution is -0.384. The van der Waals surface area contributed by atoms with Gasteiger partial charge in [-0.1, -0.05) is 60.7 Å². The Bertz CT molecular complexity index is 1330. The Hall–Kier alpha value is -3.49. The lowest BCUT2D eigenvalue weighted by atomic mass is 9.69. The van der Waals surface area contributed by atoms with Gasteiger partial charge in [0.05, 0.1) is 10.8 Å². The van der Waals surface area contributed by atoms with E-state index in [4.69, 9.17) is 0 Å². The van der Waals surface area contributed by atoms with E-state index in [9.17, 15) is 19.7 Å². The second kappa shape index (κ2) is 7.78. The molecule has 4 atom stereocenters. The molecule has 0 saturated carbocycles. The Morgan fingerprint density at radius 1 is 1.06 bits per heavy atom. The minimum absolute atomic E-state index is 0.0159. The first-order valence-corrected chi connectivity index (χ1v) is 12.3. The molecule has 2 fully saturated rings. The van der Waals surface area contributed by atoms with Gasteiger partial charge in [-0.2, -0.15) is 0 Å². The molecule has 7 nitrogen and oxygen atoms in total. The van der Waals surface area contributed by atoms with E-state index in [1.807, 2.05) is 48.5 Å². The van der Waals surface area contributed by atoms with E-state index in [1.165, 1.54) is 6.07 Å². The van der Waals surface area contributed by atoms with Crippen LogP contribution in [-0.2, 0) is 10.3 Å². The van der Waals surface area contributed by atoms with Gasteiger partial charge in [-0.15, -0.1) is 11.8 Å². The first-order valence-electron chi connectivity index (χ1n) is 11.1. The van der Waals surface area contributed by atoms with Gasteiger partial charge in [0, 0.05) is 52.5 Å². The second-order valence-corrected chi connectivity index (χ2v) is 9.89. The number of nitrogens with one attached hydrogen (secondary N) is 1. The molecule has 3 aliphatic heterocycles. The van der Waals surface area contributed by atoms with Crippen molar-refractivity contribution in [2.24, 2.45) is 5.92 Å². The molecular formula is C26H21N3O4S. The summed E-state index contributed by atoms with van der Waals surface area (Å²) in [5.41, 5.74) is 1.58. The fourth-order valence-corrected chi connectivity index (χ4v) is 7.36. The number of carbonyl (C=O) groups is 2. The number of nitro groups is 1. The molecule has 3 heterocycles. The van der Waals surface area contributed by atoms with Crippen molar-refractivity contribution >= 4 is 34.8 Å². The number of non-ortho nitro benzene ring substituents is 1. The Balaban J connectivity index is 1.62. The van der Waals surface area contributed by atoms with Crippen LogP contribution >= 0.6 is 11.8 Å². The summed E-state index contributed by atoms with van der Waals surface area (Å²) >= 11 is 1.72. The van der Waals surface area contributed by atoms with E-state index in [1.54, 1.807) is 36.0 Å². The van der Waals surface area contributed by atoms with Gasteiger partial charge in [0.2, 0.25) is 5.91 Å². The Morgan fingerprint density at radius 2 is 1.82 bits per heavy atom. The number of anilines is 1. The monoisotopic (exact) mass is 471 g/mol. The van der Waals surface area contributed by atoms with Crippen LogP contribution in [0.5, 0.6) is 0 Å². The third-order valence-electron chi connectivity index (χ3n) is 7.33. The predicted octanol–water partition coefficient (Wildman–Crippen LogP) is 4.41. The van der Waals surface area contributed by atoms with Crippen molar-refractivity contribution in [3.8, 4) is 0 Å². The fourth-order valence-electron chi connectivity index (χ4n) is 6.03. The van der Waals surface area contributed by atoms with Gasteiger partial charge in [0.1, 0.15) is 5.54 Å². The van der Waals surface area contributed by atoms with Gasteiger partial charge in [0.15, 0.2) is 5.78 Å². The number of carbonyl (C=O) groups excluding carboxylic acids is 2. The van der Waals surface area contributed by atoms with Gasteiger partial charge in [0.25, 0.3) is 5.69 Å². The summed E-state index contributed by atoms with van der Waals surface area (Å²) in [5.74, 6) is -0.0859. The summed E-state index contributed by atoms with van der Waals surface area (Å²) < 4.78 is 0. The van der Waals surface area contributed by atoms with Crippen molar-refractivity contribution in [3.63, 3.8) is 0 Å². The number of hydrogen-bond donors (Lipinski definition) is 1. The van der Waals surface area contributed by atoms with Crippen LogP contribution in [0.25, 0.3) is 0 Å². The smallest absolute Gasteiger partial charge is 0.269 e. The molecule has 170 valence electrons. The Morgan fingerprint density at radius 3 is 2.62 bits per heavy atom. The zero-order valence-corrected chi connectivity index (χ0v) is 18.9. The number of Topliss-reactive ketones (excluding diaryl/α,β-unsaturated/α-hetero) is 1. The molecule has 0 bridgehead atoms. The zero-order chi connectivity index (χ0) is 23.4. The van der Waals surface area contributed by atoms with Crippen LogP contribution in [0.15, 0.2) is 78.9 Å². The number of nitrogens with zero attached hydrogens (tertiary/aromatic N) is 2. The normalized spacial score (nSPS) is 27.4. The summed E-state index contributed by atoms with van der Waals surface area (Å²) in [6.07, 6.45) is 0. The van der Waals surface area contributed by atoms with Crippen LogP contribution in [-0.4, -0.2) is 39.2 Å². The lowest BCUT2D eigenvalue weighted by Gasteiger charge is -2.36. The zero-order valence-electron chi connectivity index (χ0n) is 18.1. The van der Waals surface area contributed by atoms with Crippen molar-refractivity contribution in [2.75, 3.05) is 16.9 Å². The maximum atomic E-state index is 14.2. The quantitative estimate of drug-likeness (QED) is 0.344. The molecule has 0 unspecified atom stereocenters. The van der Waals surface area contributed by atoms with E-state index in [0.29, 0.717) is 17.1 Å². The molecule has 2 saturated heterocycles. The minimum atomic E-state index is -1.17. The van der Waals surface area contributed by atoms with Crippen LogP contribution in [0, 0.1) is 16.0 Å². The highest BCUT2D eigenvalue weighted by Gasteiger charge is 2.69. The molecule has 3 aromatic rings. The first kappa shape index (κ1) is 21.1. The number of fused-ring (bicyclic) bond motifs is 4. The van der Waals surface area contributed by atoms with Crippen molar-refractivity contribution in [2.45, 2.75) is 17.5 Å². The first-order chi connectivity index (χ1) is 16.5. The van der Waals surface area contributed by atoms with Crippen LogP contribution in [0.2, 0.25) is 0 Å². The number of para-hydroxylation sites is 1. The molecular weight excluding hydrogens is 450 g/mol. The average Bonchev–Trinajstić information content (AvgIpc) is 3.52. The standard InChI is InChI=1S/C26H21N3O4S/c30-24(16-7-2-1-3-8-16)23-22(17-9-6-10-18(13-17)29(32)33)21-14-34-15-28(21)26(23)19-11-4-5-12-20(19)27-25(26)31/h1-13,21-23H,14-15H2,(H,27,31)/t21-,22-,23+,26+/m0/s1. The maximum Gasteiger partial charge on any atom is 0.269 e.